The average Bonchev–Trinajstić information content (AvgIpc) is 2.42. The van der Waals surface area contributed by atoms with Crippen LogP contribution in [0.2, 0.25) is 5.15 Å². The van der Waals surface area contributed by atoms with Gasteiger partial charge in [0, 0.05) is 6.04 Å². The normalized spacial score (nSPS) is 13.0. The van der Waals surface area contributed by atoms with Crippen molar-refractivity contribution in [3.05, 3.63) is 57.3 Å². The van der Waals surface area contributed by atoms with Crippen LogP contribution in [-0.2, 0) is 5.41 Å². The van der Waals surface area contributed by atoms with Gasteiger partial charge in [-0.15, -0.1) is 0 Å². The smallest absolute Gasteiger partial charge is 0.143 e. The third-order valence-electron chi connectivity index (χ3n) is 3.46. The van der Waals surface area contributed by atoms with Crippen LogP contribution in [0.4, 0.5) is 5.69 Å². The first-order valence-electron chi connectivity index (χ1n) is 6.95. The van der Waals surface area contributed by atoms with Crippen LogP contribution in [0.15, 0.2) is 41.0 Å². The fourth-order valence-electron chi connectivity index (χ4n) is 2.11. The Balaban J connectivity index is 2.13. The molecule has 1 aromatic heterocycles. The van der Waals surface area contributed by atoms with Crippen LogP contribution in [0.3, 0.4) is 0 Å². The molecule has 0 aliphatic rings. The summed E-state index contributed by atoms with van der Waals surface area (Å²) < 4.78 is 0.796. The third-order valence-corrected chi connectivity index (χ3v) is 4.59. The first-order chi connectivity index (χ1) is 9.77. The Kier molecular flexibility index (Phi) is 4.95. The molecule has 1 unspecified atom stereocenters. The number of nitrogens with one attached hydrogen (secondary N) is 1. The van der Waals surface area contributed by atoms with Crippen molar-refractivity contribution in [2.24, 2.45) is 0 Å². The number of halogens is 2. The highest BCUT2D eigenvalue weighted by Crippen LogP contribution is 2.27. The Morgan fingerprint density at radius 2 is 1.81 bits per heavy atom. The van der Waals surface area contributed by atoms with Gasteiger partial charge in [0.25, 0.3) is 0 Å². The molecule has 1 atom stereocenters. The molecule has 0 bridgehead atoms. The lowest BCUT2D eigenvalue weighted by molar-refractivity contribution is 0.589. The maximum absolute atomic E-state index is 5.91. The summed E-state index contributed by atoms with van der Waals surface area (Å²) >= 11 is 9.30. The van der Waals surface area contributed by atoms with E-state index in [9.17, 15) is 0 Å². The van der Waals surface area contributed by atoms with Gasteiger partial charge in [-0.2, -0.15) is 0 Å². The van der Waals surface area contributed by atoms with Gasteiger partial charge in [-0.3, -0.25) is 0 Å². The Hall–Kier alpha value is -1.06. The molecule has 0 amide bonds. The van der Waals surface area contributed by atoms with Gasteiger partial charge >= 0.3 is 0 Å². The molecule has 112 valence electrons. The molecule has 0 aliphatic heterocycles. The predicted octanol–water partition coefficient (Wildman–Crippen LogP) is 5.97. The molecule has 2 nitrogen and oxygen atoms in total. The third kappa shape index (κ3) is 4.21. The average molecular weight is 368 g/mol. The minimum absolute atomic E-state index is 0.181. The highest BCUT2D eigenvalue weighted by molar-refractivity contribution is 9.10. The van der Waals surface area contributed by atoms with E-state index < -0.39 is 0 Å². The summed E-state index contributed by atoms with van der Waals surface area (Å²) in [6.07, 6.45) is 1.74. The van der Waals surface area contributed by atoms with Gasteiger partial charge in [-0.25, -0.2) is 4.98 Å². The number of anilines is 1. The molecule has 21 heavy (non-hydrogen) atoms. The minimum Gasteiger partial charge on any atom is -0.377 e. The minimum atomic E-state index is 0.181. The maximum Gasteiger partial charge on any atom is 0.143 e. The molecule has 1 aromatic carbocycles. The van der Waals surface area contributed by atoms with Crippen molar-refractivity contribution < 1.29 is 0 Å². The Morgan fingerprint density at radius 1 is 1.19 bits per heavy atom. The van der Waals surface area contributed by atoms with Crippen LogP contribution in [-0.4, -0.2) is 4.98 Å². The Labute approximate surface area is 140 Å². The van der Waals surface area contributed by atoms with Crippen LogP contribution in [0.1, 0.15) is 44.9 Å². The lowest BCUT2D eigenvalue weighted by atomic mass is 9.86. The second-order valence-corrected chi connectivity index (χ2v) is 7.45. The first-order valence-corrected chi connectivity index (χ1v) is 8.12. The summed E-state index contributed by atoms with van der Waals surface area (Å²) in [5, 5.41) is 3.91. The number of aromatic nitrogens is 1. The van der Waals surface area contributed by atoms with Crippen molar-refractivity contribution in [1.29, 1.82) is 0 Å². The lowest BCUT2D eigenvalue weighted by Gasteiger charge is -2.21. The fraction of sp³-hybridized carbons (Fsp3) is 0.353. The summed E-state index contributed by atoms with van der Waals surface area (Å²) in [4.78, 5) is 4.13. The van der Waals surface area contributed by atoms with Crippen molar-refractivity contribution in [3.8, 4) is 0 Å². The van der Waals surface area contributed by atoms with E-state index >= 15 is 0 Å². The number of nitrogens with zero attached hydrogens (tertiary/aromatic N) is 1. The number of hydrogen-bond donors (Lipinski definition) is 1. The van der Waals surface area contributed by atoms with E-state index in [2.05, 4.69) is 78.2 Å². The van der Waals surface area contributed by atoms with E-state index in [0.717, 1.165) is 10.2 Å². The molecule has 2 rings (SSSR count). The van der Waals surface area contributed by atoms with Crippen molar-refractivity contribution in [3.63, 3.8) is 0 Å². The standard InChI is InChI=1S/C17H20BrClN2/c1-11(21-14-9-15(18)16(19)20-10-14)12-5-7-13(8-6-12)17(2,3)4/h5-11,21H,1-4H3. The SMILES string of the molecule is CC(Nc1cnc(Cl)c(Br)c1)c1ccc(C(C)(C)C)cc1. The predicted molar refractivity (Wildman–Crippen MR) is 94.1 cm³/mol. The van der Waals surface area contributed by atoms with Crippen molar-refractivity contribution in [2.75, 3.05) is 5.32 Å². The molecule has 1 heterocycles. The van der Waals surface area contributed by atoms with Gasteiger partial charge < -0.3 is 5.32 Å². The van der Waals surface area contributed by atoms with Crippen LogP contribution in [0.5, 0.6) is 0 Å². The monoisotopic (exact) mass is 366 g/mol. The van der Waals surface area contributed by atoms with Gasteiger partial charge in [-0.1, -0.05) is 56.6 Å². The van der Waals surface area contributed by atoms with E-state index in [0.29, 0.717) is 5.15 Å². The Bertz CT molecular complexity index is 618. The van der Waals surface area contributed by atoms with Gasteiger partial charge in [0.05, 0.1) is 16.4 Å². The quantitative estimate of drug-likeness (QED) is 0.676. The number of benzene rings is 1. The molecule has 0 radical (unpaired) electrons. The zero-order valence-electron chi connectivity index (χ0n) is 12.7. The molecular weight excluding hydrogens is 348 g/mol. The number of hydrogen-bond acceptors (Lipinski definition) is 2. The van der Waals surface area contributed by atoms with Gasteiger partial charge in [0.1, 0.15) is 5.15 Å². The summed E-state index contributed by atoms with van der Waals surface area (Å²) in [7, 11) is 0. The topological polar surface area (TPSA) is 24.9 Å². The largest absolute Gasteiger partial charge is 0.377 e. The Morgan fingerprint density at radius 3 is 2.33 bits per heavy atom. The molecule has 4 heteroatoms. The summed E-state index contributed by atoms with van der Waals surface area (Å²) in [6.45, 7) is 8.80. The molecule has 0 spiro atoms. The molecule has 0 saturated carbocycles. The zero-order valence-corrected chi connectivity index (χ0v) is 15.1. The highest BCUT2D eigenvalue weighted by atomic mass is 79.9. The highest BCUT2D eigenvalue weighted by Gasteiger charge is 2.14. The van der Waals surface area contributed by atoms with E-state index in [1.165, 1.54) is 11.1 Å². The van der Waals surface area contributed by atoms with Gasteiger partial charge in [0.15, 0.2) is 0 Å². The fourth-order valence-corrected chi connectivity index (χ4v) is 2.56. The number of rotatable bonds is 3. The molecular formula is C17H20BrClN2. The molecule has 1 N–H and O–H groups in total. The van der Waals surface area contributed by atoms with Crippen molar-refractivity contribution in [1.82, 2.24) is 4.98 Å². The molecule has 2 aromatic rings. The molecule has 0 fully saturated rings. The van der Waals surface area contributed by atoms with Crippen LogP contribution < -0.4 is 5.32 Å². The number of pyridine rings is 1. The second kappa shape index (κ2) is 6.37. The van der Waals surface area contributed by atoms with Gasteiger partial charge in [0.2, 0.25) is 0 Å². The van der Waals surface area contributed by atoms with Crippen molar-refractivity contribution in [2.45, 2.75) is 39.2 Å². The molecule has 0 aliphatic carbocycles. The van der Waals surface area contributed by atoms with E-state index in [4.69, 9.17) is 11.6 Å². The summed E-state index contributed by atoms with van der Waals surface area (Å²) in [5.74, 6) is 0. The zero-order chi connectivity index (χ0) is 15.6. The van der Waals surface area contributed by atoms with Crippen molar-refractivity contribution >= 4 is 33.2 Å². The first kappa shape index (κ1) is 16.3. The van der Waals surface area contributed by atoms with Crippen LogP contribution in [0, 0.1) is 0 Å². The molecule has 0 saturated heterocycles. The van der Waals surface area contributed by atoms with E-state index in [-0.39, 0.29) is 11.5 Å². The van der Waals surface area contributed by atoms with E-state index in [1.807, 2.05) is 6.07 Å². The van der Waals surface area contributed by atoms with E-state index in [1.54, 1.807) is 6.20 Å². The maximum atomic E-state index is 5.91. The van der Waals surface area contributed by atoms with Gasteiger partial charge in [-0.05, 0) is 45.5 Å². The lowest BCUT2D eigenvalue weighted by Crippen LogP contribution is -2.12. The summed E-state index contributed by atoms with van der Waals surface area (Å²) in [5.41, 5.74) is 3.71. The summed E-state index contributed by atoms with van der Waals surface area (Å²) in [6, 6.07) is 10.9. The van der Waals surface area contributed by atoms with Crippen LogP contribution in [0.25, 0.3) is 0 Å². The van der Waals surface area contributed by atoms with Crippen LogP contribution >= 0.6 is 27.5 Å². The second-order valence-electron chi connectivity index (χ2n) is 6.23.